The lowest BCUT2D eigenvalue weighted by molar-refractivity contribution is -0.165. The molecule has 2 N–H and O–H groups in total. The van der Waals surface area contributed by atoms with Crippen molar-refractivity contribution in [2.45, 2.75) is 77.4 Å². The number of hydrogen-bond donors (Lipinski definition) is 1. The van der Waals surface area contributed by atoms with Crippen molar-refractivity contribution in [3.05, 3.63) is 71.8 Å². The van der Waals surface area contributed by atoms with Crippen molar-refractivity contribution < 1.29 is 14.0 Å². The highest BCUT2D eigenvalue weighted by atomic mass is 28.4. The fraction of sp³-hybridized carbons (Fsp3) is 0.500. The Kier molecular flexibility index (Phi) is 9.04. The van der Waals surface area contributed by atoms with Gasteiger partial charge in [-0.25, -0.2) is 0 Å². The van der Waals surface area contributed by atoms with E-state index in [0.717, 1.165) is 29.3 Å². The summed E-state index contributed by atoms with van der Waals surface area (Å²) in [5, 5.41) is 0. The zero-order valence-electron chi connectivity index (χ0n) is 19.9. The van der Waals surface area contributed by atoms with Crippen LogP contribution in [0.15, 0.2) is 60.7 Å². The van der Waals surface area contributed by atoms with Gasteiger partial charge in [0, 0.05) is 6.04 Å². The van der Waals surface area contributed by atoms with Gasteiger partial charge in [-0.2, -0.15) is 0 Å². The van der Waals surface area contributed by atoms with Gasteiger partial charge in [0.2, 0.25) is 0 Å². The van der Waals surface area contributed by atoms with Crippen molar-refractivity contribution in [2.24, 2.45) is 11.7 Å². The van der Waals surface area contributed by atoms with Gasteiger partial charge in [0.15, 0.2) is 8.32 Å². The van der Waals surface area contributed by atoms with Crippen LogP contribution >= 0.6 is 0 Å². The SMILES string of the molecule is CC[Si](CC)(CC)O[C@@H](c1ccccc1)[C@@H](C(=O)OC(C)(C)C)[C@H](N)c1ccccc1. The Labute approximate surface area is 189 Å². The maximum Gasteiger partial charge on any atom is 0.314 e. The molecule has 3 atom stereocenters. The van der Waals surface area contributed by atoms with Gasteiger partial charge in [0.1, 0.15) is 11.5 Å². The quantitative estimate of drug-likeness (QED) is 0.342. The third kappa shape index (κ3) is 6.76. The molecule has 0 unspecified atom stereocenters. The number of benzene rings is 2. The van der Waals surface area contributed by atoms with Crippen molar-refractivity contribution in [3.8, 4) is 0 Å². The third-order valence-electron chi connectivity index (χ3n) is 6.01. The highest BCUT2D eigenvalue weighted by molar-refractivity contribution is 6.73. The summed E-state index contributed by atoms with van der Waals surface area (Å²) in [5.41, 5.74) is 8.04. The minimum Gasteiger partial charge on any atom is -0.460 e. The van der Waals surface area contributed by atoms with E-state index in [4.69, 9.17) is 14.9 Å². The summed E-state index contributed by atoms with van der Waals surface area (Å²) in [6, 6.07) is 22.2. The molecule has 0 amide bonds. The van der Waals surface area contributed by atoms with Crippen LogP contribution in [0.4, 0.5) is 0 Å². The van der Waals surface area contributed by atoms with Crippen LogP contribution in [0.25, 0.3) is 0 Å². The first-order valence-corrected chi connectivity index (χ1v) is 14.0. The molecule has 0 aliphatic rings. The average molecular weight is 442 g/mol. The van der Waals surface area contributed by atoms with E-state index in [1.165, 1.54) is 0 Å². The Balaban J connectivity index is 2.60. The molecule has 0 fully saturated rings. The summed E-state index contributed by atoms with van der Waals surface area (Å²) in [6.07, 6.45) is -0.460. The molecule has 2 rings (SSSR count). The van der Waals surface area contributed by atoms with Gasteiger partial charge in [-0.05, 0) is 50.0 Å². The molecule has 170 valence electrons. The van der Waals surface area contributed by atoms with Gasteiger partial charge in [-0.15, -0.1) is 0 Å². The van der Waals surface area contributed by atoms with Gasteiger partial charge in [-0.3, -0.25) is 4.79 Å². The second kappa shape index (κ2) is 11.1. The molecular formula is C26H39NO3Si. The predicted octanol–water partition coefficient (Wildman–Crippen LogP) is 6.41. The smallest absolute Gasteiger partial charge is 0.314 e. The highest BCUT2D eigenvalue weighted by Crippen LogP contribution is 2.40. The lowest BCUT2D eigenvalue weighted by Crippen LogP contribution is -2.44. The van der Waals surface area contributed by atoms with E-state index in [-0.39, 0.29) is 5.97 Å². The van der Waals surface area contributed by atoms with E-state index >= 15 is 0 Å². The highest BCUT2D eigenvalue weighted by Gasteiger charge is 2.43. The van der Waals surface area contributed by atoms with E-state index in [2.05, 4.69) is 20.8 Å². The molecule has 31 heavy (non-hydrogen) atoms. The van der Waals surface area contributed by atoms with Crippen LogP contribution in [0, 0.1) is 5.92 Å². The lowest BCUT2D eigenvalue weighted by atomic mass is 9.85. The summed E-state index contributed by atoms with van der Waals surface area (Å²) < 4.78 is 12.8. The Hall–Kier alpha value is -1.95. The van der Waals surface area contributed by atoms with Crippen molar-refractivity contribution >= 4 is 14.3 Å². The van der Waals surface area contributed by atoms with E-state index in [1.54, 1.807) is 0 Å². The number of nitrogens with two attached hydrogens (primary N) is 1. The average Bonchev–Trinajstić information content (AvgIpc) is 2.76. The maximum atomic E-state index is 13.6. The van der Waals surface area contributed by atoms with Gasteiger partial charge < -0.3 is 14.9 Å². The fourth-order valence-electron chi connectivity index (χ4n) is 3.97. The molecule has 0 spiro atoms. The number of rotatable bonds is 10. The summed E-state index contributed by atoms with van der Waals surface area (Å²) in [4.78, 5) is 13.6. The van der Waals surface area contributed by atoms with Crippen LogP contribution in [0.1, 0.15) is 64.8 Å². The third-order valence-corrected chi connectivity index (χ3v) is 10.6. The summed E-state index contributed by atoms with van der Waals surface area (Å²) in [7, 11) is -2.04. The van der Waals surface area contributed by atoms with Crippen LogP contribution in [0.5, 0.6) is 0 Å². The minimum absolute atomic E-state index is 0.316. The monoisotopic (exact) mass is 441 g/mol. The number of carbonyl (C=O) groups is 1. The second-order valence-corrected chi connectivity index (χ2v) is 13.9. The number of ether oxygens (including phenoxy) is 1. The molecule has 0 aromatic heterocycles. The first-order valence-electron chi connectivity index (χ1n) is 11.4. The van der Waals surface area contributed by atoms with Crippen LogP contribution in [0.3, 0.4) is 0 Å². The molecule has 4 nitrogen and oxygen atoms in total. The zero-order valence-corrected chi connectivity index (χ0v) is 20.9. The Morgan fingerprint density at radius 2 is 1.32 bits per heavy atom. The lowest BCUT2D eigenvalue weighted by Gasteiger charge is -2.39. The van der Waals surface area contributed by atoms with Crippen molar-refractivity contribution in [2.75, 3.05) is 0 Å². The molecule has 0 heterocycles. The molecule has 0 bridgehead atoms. The van der Waals surface area contributed by atoms with Crippen molar-refractivity contribution in [3.63, 3.8) is 0 Å². The Morgan fingerprint density at radius 1 is 0.871 bits per heavy atom. The second-order valence-electron chi connectivity index (χ2n) is 9.19. The summed E-state index contributed by atoms with van der Waals surface area (Å²) >= 11 is 0. The van der Waals surface area contributed by atoms with Gasteiger partial charge in [0.05, 0.1) is 6.10 Å². The normalized spacial score (nSPS) is 15.2. The van der Waals surface area contributed by atoms with E-state index < -0.39 is 32.0 Å². The molecule has 0 aliphatic heterocycles. The number of esters is 1. The molecule has 0 aliphatic carbocycles. The topological polar surface area (TPSA) is 61.5 Å². The van der Waals surface area contributed by atoms with E-state index in [1.807, 2.05) is 81.4 Å². The van der Waals surface area contributed by atoms with Gasteiger partial charge >= 0.3 is 5.97 Å². The Morgan fingerprint density at radius 3 is 1.74 bits per heavy atom. The molecule has 0 saturated carbocycles. The predicted molar refractivity (Wildman–Crippen MR) is 130 cm³/mol. The fourth-order valence-corrected chi connectivity index (χ4v) is 6.79. The van der Waals surface area contributed by atoms with Gasteiger partial charge in [-0.1, -0.05) is 81.4 Å². The van der Waals surface area contributed by atoms with Crippen LogP contribution < -0.4 is 5.73 Å². The minimum atomic E-state index is -2.04. The molecule has 2 aromatic rings. The standard InChI is InChI=1S/C26H39NO3Si/c1-7-31(8-2,9-3)30-24(21-18-14-11-15-19-21)22(25(28)29-26(4,5)6)23(27)20-16-12-10-13-17-20/h10-19,22-24H,7-9,27H2,1-6H3/t22-,23+,24-/m0/s1. The van der Waals surface area contributed by atoms with Crippen molar-refractivity contribution in [1.82, 2.24) is 0 Å². The Bertz CT molecular complexity index is 792. The number of hydrogen-bond acceptors (Lipinski definition) is 4. The first-order chi connectivity index (χ1) is 14.7. The largest absolute Gasteiger partial charge is 0.460 e. The van der Waals surface area contributed by atoms with Gasteiger partial charge in [0.25, 0.3) is 0 Å². The first kappa shape index (κ1) is 25.3. The van der Waals surface area contributed by atoms with Crippen LogP contribution in [-0.2, 0) is 14.0 Å². The summed E-state index contributed by atoms with van der Waals surface area (Å²) in [5.74, 6) is -0.968. The molecule has 0 radical (unpaired) electrons. The number of carbonyl (C=O) groups excluding carboxylic acids is 1. The molecular weight excluding hydrogens is 402 g/mol. The van der Waals surface area contributed by atoms with E-state index in [0.29, 0.717) is 0 Å². The molecule has 2 aromatic carbocycles. The van der Waals surface area contributed by atoms with E-state index in [9.17, 15) is 4.79 Å². The van der Waals surface area contributed by atoms with Crippen molar-refractivity contribution in [1.29, 1.82) is 0 Å². The van der Waals surface area contributed by atoms with Crippen LogP contribution in [0.2, 0.25) is 18.1 Å². The molecule has 0 saturated heterocycles. The van der Waals surface area contributed by atoms with Crippen LogP contribution in [-0.4, -0.2) is 19.9 Å². The maximum absolute atomic E-state index is 13.6. The zero-order chi connectivity index (χ0) is 23.1. The molecule has 5 heteroatoms. The summed E-state index contributed by atoms with van der Waals surface area (Å²) in [6.45, 7) is 12.2.